The van der Waals surface area contributed by atoms with Gasteiger partial charge in [-0.25, -0.2) is 8.78 Å². The summed E-state index contributed by atoms with van der Waals surface area (Å²) in [6.45, 7) is 0.728. The van der Waals surface area contributed by atoms with E-state index in [9.17, 15) is 18.4 Å². The highest BCUT2D eigenvalue weighted by atomic mass is 32.2. The minimum Gasteiger partial charge on any atom is -0.326 e. The second-order valence-electron chi connectivity index (χ2n) is 5.92. The molecule has 0 aromatic heterocycles. The molecule has 2 aromatic carbocycles. The largest absolute Gasteiger partial charge is 0.326 e. The number of nitrogens with one attached hydrogen (secondary N) is 1. The molecule has 136 valence electrons. The molecule has 4 nitrogen and oxygen atoms in total. The van der Waals surface area contributed by atoms with E-state index >= 15 is 0 Å². The van der Waals surface area contributed by atoms with Crippen molar-refractivity contribution in [3.05, 3.63) is 54.1 Å². The molecule has 26 heavy (non-hydrogen) atoms. The van der Waals surface area contributed by atoms with Gasteiger partial charge in [0, 0.05) is 41.4 Å². The Morgan fingerprint density at radius 3 is 2.54 bits per heavy atom. The van der Waals surface area contributed by atoms with Crippen molar-refractivity contribution in [3.8, 4) is 0 Å². The number of carbonyl (C=O) groups is 2. The van der Waals surface area contributed by atoms with Crippen LogP contribution in [0.1, 0.15) is 19.3 Å². The molecule has 0 spiro atoms. The number of amides is 2. The van der Waals surface area contributed by atoms with Crippen LogP contribution in [0.25, 0.3) is 0 Å². The number of hydrogen-bond donors (Lipinski definition) is 1. The Morgan fingerprint density at radius 2 is 1.88 bits per heavy atom. The highest BCUT2D eigenvalue weighted by Crippen LogP contribution is 2.24. The average Bonchev–Trinajstić information content (AvgIpc) is 3.05. The van der Waals surface area contributed by atoms with Crippen LogP contribution in [0.4, 0.5) is 20.2 Å². The minimum absolute atomic E-state index is 0.121. The summed E-state index contributed by atoms with van der Waals surface area (Å²) in [5, 5.41) is 2.79. The van der Waals surface area contributed by atoms with E-state index in [1.165, 1.54) is 17.8 Å². The summed E-state index contributed by atoms with van der Waals surface area (Å²) in [6, 6.07) is 10.8. The highest BCUT2D eigenvalue weighted by Gasteiger charge is 2.21. The van der Waals surface area contributed by atoms with Crippen LogP contribution in [0.5, 0.6) is 0 Å². The number of rotatable bonds is 6. The maximum atomic E-state index is 13.1. The number of hydrogen-bond acceptors (Lipinski definition) is 3. The number of thioether (sulfide) groups is 1. The van der Waals surface area contributed by atoms with Gasteiger partial charge in [0.05, 0.1) is 0 Å². The summed E-state index contributed by atoms with van der Waals surface area (Å²) in [4.78, 5) is 26.0. The van der Waals surface area contributed by atoms with Gasteiger partial charge in [-0.2, -0.15) is 0 Å². The molecule has 1 heterocycles. The molecule has 7 heteroatoms. The number of anilines is 2. The zero-order chi connectivity index (χ0) is 18.5. The molecule has 1 N–H and O–H groups in total. The van der Waals surface area contributed by atoms with Gasteiger partial charge in [0.15, 0.2) is 11.6 Å². The molecule has 2 amide bonds. The zero-order valence-corrected chi connectivity index (χ0v) is 14.8. The van der Waals surface area contributed by atoms with E-state index in [2.05, 4.69) is 5.32 Å². The van der Waals surface area contributed by atoms with E-state index in [1.54, 1.807) is 17.0 Å². The number of carbonyl (C=O) groups excluding carboxylic acids is 2. The zero-order valence-electron chi connectivity index (χ0n) is 14.0. The van der Waals surface area contributed by atoms with Crippen molar-refractivity contribution in [2.75, 3.05) is 22.5 Å². The summed E-state index contributed by atoms with van der Waals surface area (Å²) in [7, 11) is 0. The molecule has 0 saturated carbocycles. The van der Waals surface area contributed by atoms with Crippen molar-refractivity contribution >= 4 is 35.0 Å². The van der Waals surface area contributed by atoms with Crippen molar-refractivity contribution in [1.29, 1.82) is 0 Å². The van der Waals surface area contributed by atoms with Crippen molar-refractivity contribution in [3.63, 3.8) is 0 Å². The first-order valence-electron chi connectivity index (χ1n) is 8.31. The molecule has 0 radical (unpaired) electrons. The SMILES string of the molecule is O=C(CCSc1ccc(F)c(F)c1)Nc1ccc(N2CCCC2=O)cc1. The van der Waals surface area contributed by atoms with Gasteiger partial charge >= 0.3 is 0 Å². The maximum absolute atomic E-state index is 13.1. The fraction of sp³-hybridized carbons (Fsp3) is 0.263. The predicted molar refractivity (Wildman–Crippen MR) is 98.4 cm³/mol. The van der Waals surface area contributed by atoms with Crippen molar-refractivity contribution < 1.29 is 18.4 Å². The Bertz CT molecular complexity index is 812. The summed E-state index contributed by atoms with van der Waals surface area (Å²) >= 11 is 1.29. The smallest absolute Gasteiger partial charge is 0.227 e. The Hall–Kier alpha value is -2.41. The van der Waals surface area contributed by atoms with Crippen LogP contribution in [0.3, 0.4) is 0 Å². The molecule has 0 bridgehead atoms. The summed E-state index contributed by atoms with van der Waals surface area (Å²) < 4.78 is 26.0. The van der Waals surface area contributed by atoms with Gasteiger partial charge in [0.1, 0.15) is 0 Å². The summed E-state index contributed by atoms with van der Waals surface area (Å²) in [6.07, 6.45) is 1.69. The third-order valence-electron chi connectivity index (χ3n) is 4.03. The van der Waals surface area contributed by atoms with Crippen molar-refractivity contribution in [2.45, 2.75) is 24.2 Å². The summed E-state index contributed by atoms with van der Waals surface area (Å²) in [5.41, 5.74) is 1.49. The van der Waals surface area contributed by atoms with E-state index in [4.69, 9.17) is 0 Å². The monoisotopic (exact) mass is 376 g/mol. The average molecular weight is 376 g/mol. The van der Waals surface area contributed by atoms with E-state index < -0.39 is 11.6 Å². The number of nitrogens with zero attached hydrogens (tertiary/aromatic N) is 1. The lowest BCUT2D eigenvalue weighted by Crippen LogP contribution is -2.23. The van der Waals surface area contributed by atoms with Gasteiger partial charge in [-0.1, -0.05) is 0 Å². The first-order valence-corrected chi connectivity index (χ1v) is 9.29. The molecule has 0 atom stereocenters. The molecular formula is C19H18F2N2O2S. The third kappa shape index (κ3) is 4.60. The molecule has 1 saturated heterocycles. The highest BCUT2D eigenvalue weighted by molar-refractivity contribution is 7.99. The van der Waals surface area contributed by atoms with E-state index in [-0.39, 0.29) is 18.2 Å². The van der Waals surface area contributed by atoms with Gasteiger partial charge in [0.25, 0.3) is 0 Å². The number of benzene rings is 2. The molecule has 1 aliphatic rings. The lowest BCUT2D eigenvalue weighted by molar-refractivity contribution is -0.117. The Balaban J connectivity index is 1.47. The van der Waals surface area contributed by atoms with Gasteiger partial charge in [-0.05, 0) is 48.9 Å². The van der Waals surface area contributed by atoms with Crippen LogP contribution in [0, 0.1) is 11.6 Å². The third-order valence-corrected chi connectivity index (χ3v) is 5.02. The number of halogens is 2. The Morgan fingerprint density at radius 1 is 1.12 bits per heavy atom. The minimum atomic E-state index is -0.893. The van der Waals surface area contributed by atoms with Gasteiger partial charge in [0.2, 0.25) is 11.8 Å². The Labute approximate surface area is 154 Å². The van der Waals surface area contributed by atoms with Crippen LogP contribution in [0.2, 0.25) is 0 Å². The van der Waals surface area contributed by atoms with Gasteiger partial charge in [-0.3, -0.25) is 9.59 Å². The van der Waals surface area contributed by atoms with Crippen molar-refractivity contribution in [2.24, 2.45) is 0 Å². The van der Waals surface area contributed by atoms with Gasteiger partial charge in [-0.15, -0.1) is 11.8 Å². The summed E-state index contributed by atoms with van der Waals surface area (Å²) in [5.74, 6) is -1.36. The molecule has 2 aromatic rings. The lowest BCUT2D eigenvalue weighted by atomic mass is 10.2. The normalized spacial score (nSPS) is 13.9. The standard InChI is InChI=1S/C19H18F2N2O2S/c20-16-8-7-15(12-17(16)21)26-11-9-18(24)22-13-3-5-14(6-4-13)23-10-1-2-19(23)25/h3-8,12H,1-2,9-11H2,(H,22,24). The molecular weight excluding hydrogens is 358 g/mol. The maximum Gasteiger partial charge on any atom is 0.227 e. The second kappa shape index (κ2) is 8.31. The first-order chi connectivity index (χ1) is 12.5. The molecule has 1 aliphatic heterocycles. The molecule has 3 rings (SSSR count). The van der Waals surface area contributed by atoms with Crippen LogP contribution in [-0.2, 0) is 9.59 Å². The Kier molecular flexibility index (Phi) is 5.88. The van der Waals surface area contributed by atoms with Crippen molar-refractivity contribution in [1.82, 2.24) is 0 Å². The fourth-order valence-corrected chi connectivity index (χ4v) is 3.57. The topological polar surface area (TPSA) is 49.4 Å². The molecule has 0 unspecified atom stereocenters. The fourth-order valence-electron chi connectivity index (χ4n) is 2.70. The quantitative estimate of drug-likeness (QED) is 0.769. The van der Waals surface area contributed by atoms with Crippen LogP contribution >= 0.6 is 11.8 Å². The van der Waals surface area contributed by atoms with Crippen LogP contribution in [-0.4, -0.2) is 24.1 Å². The molecule has 1 fully saturated rings. The second-order valence-corrected chi connectivity index (χ2v) is 7.09. The van der Waals surface area contributed by atoms with E-state index in [0.29, 0.717) is 22.8 Å². The van der Waals surface area contributed by atoms with Gasteiger partial charge < -0.3 is 10.2 Å². The molecule has 0 aliphatic carbocycles. The van der Waals surface area contributed by atoms with Crippen LogP contribution < -0.4 is 10.2 Å². The predicted octanol–water partition coefficient (Wildman–Crippen LogP) is 4.21. The first kappa shape index (κ1) is 18.4. The van der Waals surface area contributed by atoms with Crippen LogP contribution in [0.15, 0.2) is 47.4 Å². The van der Waals surface area contributed by atoms with E-state index in [0.717, 1.165) is 30.8 Å². The van der Waals surface area contributed by atoms with E-state index in [1.807, 2.05) is 12.1 Å². The lowest BCUT2D eigenvalue weighted by Gasteiger charge is -2.16.